The first-order valence-electron chi connectivity index (χ1n) is 8.06. The van der Waals surface area contributed by atoms with E-state index in [9.17, 15) is 0 Å². The maximum absolute atomic E-state index is 3.85. The van der Waals surface area contributed by atoms with Crippen molar-refractivity contribution >= 4 is 11.8 Å². The number of nitrogens with zero attached hydrogens (tertiary/aromatic N) is 1. The van der Waals surface area contributed by atoms with Crippen LogP contribution in [0.15, 0.2) is 0 Å². The fourth-order valence-electron chi connectivity index (χ4n) is 3.20. The van der Waals surface area contributed by atoms with E-state index in [0.29, 0.717) is 5.54 Å². The molecule has 1 rings (SSSR count). The summed E-state index contributed by atoms with van der Waals surface area (Å²) in [6.45, 7) is 13.1. The van der Waals surface area contributed by atoms with Crippen molar-refractivity contribution in [3.63, 3.8) is 0 Å². The first kappa shape index (κ1) is 17.3. The molecular formula is C16H34N2S. The van der Waals surface area contributed by atoms with Crippen LogP contribution in [0.4, 0.5) is 0 Å². The lowest BCUT2D eigenvalue weighted by Gasteiger charge is -2.49. The van der Waals surface area contributed by atoms with Crippen molar-refractivity contribution < 1.29 is 0 Å². The summed E-state index contributed by atoms with van der Waals surface area (Å²) in [4.78, 5) is 2.77. The van der Waals surface area contributed by atoms with E-state index in [0.717, 1.165) is 12.0 Å². The number of piperazine rings is 1. The van der Waals surface area contributed by atoms with Gasteiger partial charge in [0.25, 0.3) is 0 Å². The average molecular weight is 287 g/mol. The zero-order chi connectivity index (χ0) is 14.3. The Hall–Kier alpha value is 0.270. The van der Waals surface area contributed by atoms with E-state index in [2.05, 4.69) is 44.2 Å². The number of rotatable bonds is 8. The second-order valence-corrected chi connectivity index (χ2v) is 7.34. The lowest BCUT2D eigenvalue weighted by Crippen LogP contribution is -2.65. The Morgan fingerprint density at radius 1 is 1.26 bits per heavy atom. The Balaban J connectivity index is 2.57. The van der Waals surface area contributed by atoms with E-state index in [1.54, 1.807) is 0 Å². The minimum Gasteiger partial charge on any atom is -0.308 e. The highest BCUT2D eigenvalue weighted by Crippen LogP contribution is 2.25. The largest absolute Gasteiger partial charge is 0.308 e. The quantitative estimate of drug-likeness (QED) is 0.686. The summed E-state index contributed by atoms with van der Waals surface area (Å²) in [6, 6.07) is 0.723. The maximum Gasteiger partial charge on any atom is 0.0304 e. The summed E-state index contributed by atoms with van der Waals surface area (Å²) in [5.41, 5.74) is 0.366. The van der Waals surface area contributed by atoms with Gasteiger partial charge in [-0.05, 0) is 50.2 Å². The van der Waals surface area contributed by atoms with Crippen LogP contribution in [-0.4, -0.2) is 48.1 Å². The van der Waals surface area contributed by atoms with Gasteiger partial charge in [0.15, 0.2) is 0 Å². The molecule has 1 aliphatic rings. The van der Waals surface area contributed by atoms with Gasteiger partial charge < -0.3 is 5.32 Å². The molecule has 0 spiro atoms. The van der Waals surface area contributed by atoms with Crippen LogP contribution in [0.3, 0.4) is 0 Å². The monoisotopic (exact) mass is 286 g/mol. The van der Waals surface area contributed by atoms with E-state index in [1.165, 1.54) is 51.1 Å². The van der Waals surface area contributed by atoms with Crippen molar-refractivity contribution in [1.29, 1.82) is 0 Å². The molecule has 1 aliphatic heterocycles. The SMILES string of the molecule is CCC1(CC)CN(CCCCSC)C(C(C)C)CN1. The molecule has 1 N–H and O–H groups in total. The topological polar surface area (TPSA) is 15.3 Å². The lowest BCUT2D eigenvalue weighted by atomic mass is 9.86. The standard InChI is InChI=1S/C16H34N2S/c1-6-16(7-2)13-18(10-8-9-11-19-5)15(12-17-16)14(3)4/h14-15,17H,6-13H2,1-5H3. The number of unbranched alkanes of at least 4 members (excludes halogenated alkanes) is 1. The summed E-state index contributed by atoms with van der Waals surface area (Å²) in [5.74, 6) is 2.06. The Morgan fingerprint density at radius 2 is 1.95 bits per heavy atom. The summed E-state index contributed by atoms with van der Waals surface area (Å²) >= 11 is 1.97. The zero-order valence-electron chi connectivity index (χ0n) is 13.7. The molecular weight excluding hydrogens is 252 g/mol. The Labute approximate surface area is 125 Å². The van der Waals surface area contributed by atoms with Crippen LogP contribution >= 0.6 is 11.8 Å². The van der Waals surface area contributed by atoms with Gasteiger partial charge in [-0.3, -0.25) is 4.90 Å². The van der Waals surface area contributed by atoms with Gasteiger partial charge >= 0.3 is 0 Å². The molecule has 0 bridgehead atoms. The first-order chi connectivity index (χ1) is 9.08. The second kappa shape index (κ2) is 8.53. The highest BCUT2D eigenvalue weighted by Gasteiger charge is 2.37. The van der Waals surface area contributed by atoms with Crippen LogP contribution in [0, 0.1) is 5.92 Å². The van der Waals surface area contributed by atoms with E-state index >= 15 is 0 Å². The van der Waals surface area contributed by atoms with Crippen LogP contribution < -0.4 is 5.32 Å². The molecule has 0 aliphatic carbocycles. The molecule has 0 aromatic carbocycles. The molecule has 2 nitrogen and oxygen atoms in total. The molecule has 1 fully saturated rings. The highest BCUT2D eigenvalue weighted by molar-refractivity contribution is 7.98. The second-order valence-electron chi connectivity index (χ2n) is 6.35. The molecule has 19 heavy (non-hydrogen) atoms. The highest BCUT2D eigenvalue weighted by atomic mass is 32.2. The van der Waals surface area contributed by atoms with Crippen LogP contribution in [-0.2, 0) is 0 Å². The molecule has 0 aromatic rings. The van der Waals surface area contributed by atoms with Crippen LogP contribution in [0.2, 0.25) is 0 Å². The lowest BCUT2D eigenvalue weighted by molar-refractivity contribution is 0.0495. The van der Waals surface area contributed by atoms with Crippen molar-refractivity contribution in [2.45, 2.75) is 65.0 Å². The van der Waals surface area contributed by atoms with Gasteiger partial charge in [0, 0.05) is 24.7 Å². The van der Waals surface area contributed by atoms with Crippen LogP contribution in [0.1, 0.15) is 53.4 Å². The fraction of sp³-hybridized carbons (Fsp3) is 1.00. The predicted octanol–water partition coefficient (Wildman–Crippen LogP) is 3.62. The van der Waals surface area contributed by atoms with Gasteiger partial charge in [-0.25, -0.2) is 0 Å². The first-order valence-corrected chi connectivity index (χ1v) is 9.46. The van der Waals surface area contributed by atoms with Gasteiger partial charge in [-0.1, -0.05) is 27.7 Å². The minimum absolute atomic E-state index is 0.366. The third kappa shape index (κ3) is 4.95. The summed E-state index contributed by atoms with van der Waals surface area (Å²) < 4.78 is 0. The molecule has 0 saturated carbocycles. The number of thioether (sulfide) groups is 1. The third-order valence-electron chi connectivity index (χ3n) is 4.83. The molecule has 1 atom stereocenters. The molecule has 114 valence electrons. The number of hydrogen-bond donors (Lipinski definition) is 1. The van der Waals surface area contributed by atoms with E-state index in [1.807, 2.05) is 11.8 Å². The van der Waals surface area contributed by atoms with Crippen molar-refractivity contribution in [3.05, 3.63) is 0 Å². The van der Waals surface area contributed by atoms with Crippen LogP contribution in [0.25, 0.3) is 0 Å². The van der Waals surface area contributed by atoms with Crippen molar-refractivity contribution in [2.75, 3.05) is 31.6 Å². The minimum atomic E-state index is 0.366. The van der Waals surface area contributed by atoms with Gasteiger partial charge in [0.05, 0.1) is 0 Å². The molecule has 0 radical (unpaired) electrons. The molecule has 1 saturated heterocycles. The van der Waals surface area contributed by atoms with Gasteiger partial charge in [-0.15, -0.1) is 0 Å². The average Bonchev–Trinajstić information content (AvgIpc) is 2.43. The van der Waals surface area contributed by atoms with Gasteiger partial charge in [0.1, 0.15) is 0 Å². The number of hydrogen-bond acceptors (Lipinski definition) is 3. The molecule has 0 aromatic heterocycles. The van der Waals surface area contributed by atoms with E-state index in [4.69, 9.17) is 0 Å². The molecule has 1 heterocycles. The van der Waals surface area contributed by atoms with Crippen molar-refractivity contribution in [2.24, 2.45) is 5.92 Å². The molecule has 0 amide bonds. The summed E-state index contributed by atoms with van der Waals surface area (Å²) in [7, 11) is 0. The summed E-state index contributed by atoms with van der Waals surface area (Å²) in [5, 5.41) is 3.85. The molecule has 1 unspecified atom stereocenters. The number of nitrogens with one attached hydrogen (secondary N) is 1. The smallest absolute Gasteiger partial charge is 0.0304 e. The maximum atomic E-state index is 3.85. The molecule has 3 heteroatoms. The predicted molar refractivity (Wildman–Crippen MR) is 89.1 cm³/mol. The van der Waals surface area contributed by atoms with Crippen LogP contribution in [0.5, 0.6) is 0 Å². The fourth-order valence-corrected chi connectivity index (χ4v) is 3.69. The van der Waals surface area contributed by atoms with Gasteiger partial charge in [-0.2, -0.15) is 11.8 Å². The normalized spacial score (nSPS) is 24.0. The Bertz CT molecular complexity index is 239. The van der Waals surface area contributed by atoms with Crippen molar-refractivity contribution in [1.82, 2.24) is 10.2 Å². The summed E-state index contributed by atoms with van der Waals surface area (Å²) in [6.07, 6.45) is 7.42. The Morgan fingerprint density at radius 3 is 2.47 bits per heavy atom. The van der Waals surface area contributed by atoms with Crippen molar-refractivity contribution in [3.8, 4) is 0 Å². The van der Waals surface area contributed by atoms with E-state index in [-0.39, 0.29) is 0 Å². The third-order valence-corrected chi connectivity index (χ3v) is 5.52. The van der Waals surface area contributed by atoms with E-state index < -0.39 is 0 Å². The zero-order valence-corrected chi connectivity index (χ0v) is 14.5. The Kier molecular flexibility index (Phi) is 7.78. The van der Waals surface area contributed by atoms with Gasteiger partial charge in [0.2, 0.25) is 0 Å².